The van der Waals surface area contributed by atoms with Crippen LogP contribution in [-0.2, 0) is 4.79 Å². The Bertz CT molecular complexity index is 57.2. The van der Waals surface area contributed by atoms with Crippen molar-refractivity contribution in [2.75, 3.05) is 0 Å². The maximum Gasteiger partial charge on any atom is 0.123 e. The van der Waals surface area contributed by atoms with Crippen LogP contribution in [0.2, 0.25) is 0 Å². The molecule has 0 aromatic carbocycles. The lowest BCUT2D eigenvalue weighted by molar-refractivity contribution is -0.111. The first-order valence-corrected chi connectivity index (χ1v) is 2.63. The number of hydrogen-bond donors (Lipinski definition) is 0. The molecule has 0 aliphatic rings. The fourth-order valence-electron chi connectivity index (χ4n) is 0.157. The molecule has 1 atom stereocenters. The monoisotopic (exact) mass is 100 g/mol. The molecular formula is C6H12O. The standard InChI is InChI=1S/C6H12O/c1-5(2)6(3)4-7/h4-6H,1-3H3/t6-/m1/s1. The van der Waals surface area contributed by atoms with E-state index in [4.69, 9.17) is 0 Å². The van der Waals surface area contributed by atoms with Crippen molar-refractivity contribution in [3.8, 4) is 0 Å². The molecule has 0 amide bonds. The number of aldehydes is 1. The summed E-state index contributed by atoms with van der Waals surface area (Å²) < 4.78 is 0. The predicted molar refractivity (Wildman–Crippen MR) is 30.1 cm³/mol. The molecule has 0 aromatic heterocycles. The summed E-state index contributed by atoms with van der Waals surface area (Å²) in [5, 5.41) is 0. The van der Waals surface area contributed by atoms with Crippen molar-refractivity contribution in [2.45, 2.75) is 20.8 Å². The quantitative estimate of drug-likeness (QED) is 0.480. The zero-order chi connectivity index (χ0) is 5.86. The summed E-state index contributed by atoms with van der Waals surface area (Å²) in [6, 6.07) is 0. The third-order valence-electron chi connectivity index (χ3n) is 1.27. The van der Waals surface area contributed by atoms with Gasteiger partial charge in [0.25, 0.3) is 0 Å². The lowest BCUT2D eigenvalue weighted by Gasteiger charge is -2.04. The second-order valence-corrected chi connectivity index (χ2v) is 2.24. The van der Waals surface area contributed by atoms with Gasteiger partial charge in [-0.2, -0.15) is 0 Å². The molecular weight excluding hydrogens is 88.1 g/mol. The topological polar surface area (TPSA) is 17.1 Å². The first kappa shape index (κ1) is 6.67. The predicted octanol–water partition coefficient (Wildman–Crippen LogP) is 1.48. The summed E-state index contributed by atoms with van der Waals surface area (Å²) >= 11 is 0. The Morgan fingerprint density at radius 1 is 1.29 bits per heavy atom. The minimum absolute atomic E-state index is 0.222. The van der Waals surface area contributed by atoms with Gasteiger partial charge >= 0.3 is 0 Å². The molecule has 0 aliphatic heterocycles. The lowest BCUT2D eigenvalue weighted by Crippen LogP contribution is -2.03. The Hall–Kier alpha value is -0.330. The molecule has 0 aliphatic carbocycles. The molecule has 0 radical (unpaired) electrons. The van der Waals surface area contributed by atoms with Gasteiger partial charge in [0.05, 0.1) is 0 Å². The highest BCUT2D eigenvalue weighted by Crippen LogP contribution is 2.04. The lowest BCUT2D eigenvalue weighted by atomic mass is 10.0. The van der Waals surface area contributed by atoms with Crippen molar-refractivity contribution < 1.29 is 4.79 Å². The first-order valence-electron chi connectivity index (χ1n) is 2.63. The third-order valence-corrected chi connectivity index (χ3v) is 1.27. The Kier molecular flexibility index (Phi) is 2.65. The number of rotatable bonds is 2. The highest BCUT2D eigenvalue weighted by Gasteiger charge is 2.02. The SMILES string of the molecule is CC(C)[C@H](C)C=O. The molecule has 0 fully saturated rings. The minimum atomic E-state index is 0.222. The van der Waals surface area contributed by atoms with Crippen LogP contribution >= 0.6 is 0 Å². The second kappa shape index (κ2) is 2.78. The molecule has 1 nitrogen and oxygen atoms in total. The molecule has 0 aromatic rings. The highest BCUT2D eigenvalue weighted by molar-refractivity contribution is 5.52. The normalized spacial score (nSPS) is 14.3. The van der Waals surface area contributed by atoms with E-state index >= 15 is 0 Å². The smallest absolute Gasteiger partial charge is 0.123 e. The van der Waals surface area contributed by atoms with Crippen LogP contribution in [0.3, 0.4) is 0 Å². The van der Waals surface area contributed by atoms with E-state index in [9.17, 15) is 4.79 Å². The number of hydrogen-bond acceptors (Lipinski definition) is 1. The van der Waals surface area contributed by atoms with E-state index in [0.717, 1.165) is 6.29 Å². The molecule has 7 heavy (non-hydrogen) atoms. The van der Waals surface area contributed by atoms with Crippen LogP contribution in [0.4, 0.5) is 0 Å². The second-order valence-electron chi connectivity index (χ2n) is 2.24. The van der Waals surface area contributed by atoms with Gasteiger partial charge in [0.2, 0.25) is 0 Å². The minimum Gasteiger partial charge on any atom is -0.303 e. The van der Waals surface area contributed by atoms with E-state index in [1.807, 2.05) is 20.8 Å². The highest BCUT2D eigenvalue weighted by atomic mass is 16.1. The van der Waals surface area contributed by atoms with Gasteiger partial charge in [0, 0.05) is 5.92 Å². The van der Waals surface area contributed by atoms with Gasteiger partial charge in [-0.1, -0.05) is 20.8 Å². The molecule has 1 heteroatoms. The Balaban J connectivity index is 3.33. The van der Waals surface area contributed by atoms with Gasteiger partial charge in [0.15, 0.2) is 0 Å². The van der Waals surface area contributed by atoms with E-state index < -0.39 is 0 Å². The zero-order valence-corrected chi connectivity index (χ0v) is 5.14. The molecule has 0 N–H and O–H groups in total. The molecule has 0 rings (SSSR count). The van der Waals surface area contributed by atoms with Crippen molar-refractivity contribution in [3.63, 3.8) is 0 Å². The fraction of sp³-hybridized carbons (Fsp3) is 0.833. The summed E-state index contributed by atoms with van der Waals surface area (Å²) in [5.74, 6) is 0.720. The van der Waals surface area contributed by atoms with Gasteiger partial charge in [-0.25, -0.2) is 0 Å². The van der Waals surface area contributed by atoms with Crippen molar-refractivity contribution in [2.24, 2.45) is 11.8 Å². The molecule has 0 saturated heterocycles. The summed E-state index contributed by atoms with van der Waals surface area (Å²) in [6.45, 7) is 6.01. The van der Waals surface area contributed by atoms with E-state index in [-0.39, 0.29) is 5.92 Å². The average molecular weight is 100 g/mol. The maximum absolute atomic E-state index is 9.95. The van der Waals surface area contributed by atoms with Crippen molar-refractivity contribution in [1.82, 2.24) is 0 Å². The molecule has 0 heterocycles. The van der Waals surface area contributed by atoms with Gasteiger partial charge in [0.1, 0.15) is 6.29 Å². The maximum atomic E-state index is 9.95. The Morgan fingerprint density at radius 2 is 1.71 bits per heavy atom. The van der Waals surface area contributed by atoms with Crippen LogP contribution in [0.5, 0.6) is 0 Å². The number of carbonyl (C=O) groups is 1. The Morgan fingerprint density at radius 3 is 1.71 bits per heavy atom. The summed E-state index contributed by atoms with van der Waals surface area (Å²) in [6.07, 6.45) is 0.991. The summed E-state index contributed by atoms with van der Waals surface area (Å²) in [7, 11) is 0. The van der Waals surface area contributed by atoms with Gasteiger partial charge in [-0.3, -0.25) is 0 Å². The molecule has 0 spiro atoms. The van der Waals surface area contributed by atoms with Crippen LogP contribution < -0.4 is 0 Å². The van der Waals surface area contributed by atoms with Gasteiger partial charge in [-0.05, 0) is 5.92 Å². The van der Waals surface area contributed by atoms with E-state index in [1.165, 1.54) is 0 Å². The van der Waals surface area contributed by atoms with Crippen molar-refractivity contribution >= 4 is 6.29 Å². The first-order chi connectivity index (χ1) is 3.18. The third kappa shape index (κ3) is 2.38. The van der Waals surface area contributed by atoms with E-state index in [2.05, 4.69) is 0 Å². The zero-order valence-electron chi connectivity index (χ0n) is 5.14. The van der Waals surface area contributed by atoms with Gasteiger partial charge in [-0.15, -0.1) is 0 Å². The summed E-state index contributed by atoms with van der Waals surface area (Å²) in [5.41, 5.74) is 0. The Labute approximate surface area is 44.7 Å². The van der Waals surface area contributed by atoms with Crippen molar-refractivity contribution in [1.29, 1.82) is 0 Å². The molecule has 0 unspecified atom stereocenters. The average Bonchev–Trinajstić information content (AvgIpc) is 1.65. The van der Waals surface area contributed by atoms with Crippen LogP contribution in [0.25, 0.3) is 0 Å². The van der Waals surface area contributed by atoms with E-state index in [0.29, 0.717) is 5.92 Å². The molecule has 0 saturated carbocycles. The van der Waals surface area contributed by atoms with Crippen LogP contribution in [0, 0.1) is 11.8 Å². The van der Waals surface area contributed by atoms with Crippen molar-refractivity contribution in [3.05, 3.63) is 0 Å². The number of carbonyl (C=O) groups excluding carboxylic acids is 1. The molecule has 0 bridgehead atoms. The molecule has 42 valence electrons. The van der Waals surface area contributed by atoms with E-state index in [1.54, 1.807) is 0 Å². The van der Waals surface area contributed by atoms with Crippen LogP contribution in [0.15, 0.2) is 0 Å². The fourth-order valence-corrected chi connectivity index (χ4v) is 0.157. The van der Waals surface area contributed by atoms with Crippen LogP contribution in [0.1, 0.15) is 20.8 Å². The van der Waals surface area contributed by atoms with Gasteiger partial charge < -0.3 is 4.79 Å². The largest absolute Gasteiger partial charge is 0.303 e. The summed E-state index contributed by atoms with van der Waals surface area (Å²) in [4.78, 5) is 9.95. The van der Waals surface area contributed by atoms with Crippen LogP contribution in [-0.4, -0.2) is 6.29 Å².